The Morgan fingerprint density at radius 3 is 2.25 bits per heavy atom. The highest BCUT2D eigenvalue weighted by Gasteiger charge is 2.26. The maximum absolute atomic E-state index is 12.5. The van der Waals surface area contributed by atoms with Crippen molar-refractivity contribution in [1.82, 2.24) is 5.06 Å². The lowest BCUT2D eigenvalue weighted by molar-refractivity contribution is -0.132. The van der Waals surface area contributed by atoms with Crippen LogP contribution < -0.4 is 4.74 Å². The molecule has 0 aliphatic heterocycles. The topological polar surface area (TPSA) is 87.1 Å². The van der Waals surface area contributed by atoms with E-state index in [1.807, 2.05) is 13.8 Å². The van der Waals surface area contributed by atoms with Gasteiger partial charge in [-0.2, -0.15) is 0 Å². The first kappa shape index (κ1) is 20.0. The van der Waals surface area contributed by atoms with Gasteiger partial charge in [-0.05, 0) is 38.3 Å². The van der Waals surface area contributed by atoms with Crippen LogP contribution in [0.4, 0.5) is 0 Å². The molecule has 0 aliphatic carbocycles. The summed E-state index contributed by atoms with van der Waals surface area (Å²) in [5, 5.41) is 21.1. The smallest absolute Gasteiger partial charge is 0.308 e. The number of hydrogen-bond donors (Lipinski definition) is 2. The van der Waals surface area contributed by atoms with Gasteiger partial charge in [0.05, 0.1) is 11.6 Å². The molecule has 1 aromatic rings. The Labute approximate surface area is 143 Å². The third-order valence-corrected chi connectivity index (χ3v) is 3.62. The molecule has 0 heterocycles. The van der Waals surface area contributed by atoms with Crippen molar-refractivity contribution in [2.75, 3.05) is 0 Å². The fourth-order valence-electron chi connectivity index (χ4n) is 2.50. The Morgan fingerprint density at radius 1 is 1.21 bits per heavy atom. The van der Waals surface area contributed by atoms with Crippen molar-refractivity contribution < 1.29 is 24.6 Å². The fourth-order valence-corrected chi connectivity index (χ4v) is 2.50. The number of amides is 1. The van der Waals surface area contributed by atoms with E-state index in [1.165, 1.54) is 13.0 Å². The number of phenolic OH excluding ortho intramolecular Hbond substituents is 1. The molecular weight excluding hydrogens is 310 g/mol. The third kappa shape index (κ3) is 4.47. The Hall–Kier alpha value is -2.08. The number of hydroxylamine groups is 2. The van der Waals surface area contributed by atoms with E-state index in [4.69, 9.17) is 4.74 Å². The van der Waals surface area contributed by atoms with Gasteiger partial charge >= 0.3 is 5.97 Å². The minimum atomic E-state index is -0.674. The number of aryl methyl sites for hydroxylation is 1. The summed E-state index contributed by atoms with van der Waals surface area (Å²) in [6.45, 7) is 8.54. The molecule has 1 aromatic carbocycles. The minimum Gasteiger partial charge on any atom is -0.507 e. The van der Waals surface area contributed by atoms with Crippen molar-refractivity contribution >= 4 is 11.9 Å². The van der Waals surface area contributed by atoms with Crippen LogP contribution in [0.5, 0.6) is 11.5 Å². The number of nitrogens with zero attached hydrogens (tertiary/aromatic N) is 1. The molecule has 24 heavy (non-hydrogen) atoms. The first-order valence-corrected chi connectivity index (χ1v) is 8.33. The number of carbonyl (C=O) groups is 2. The first-order valence-electron chi connectivity index (χ1n) is 8.33. The molecule has 1 rings (SSSR count). The molecule has 0 spiro atoms. The first-order chi connectivity index (χ1) is 11.2. The van der Waals surface area contributed by atoms with E-state index in [0.29, 0.717) is 41.2 Å². The molecule has 2 N–H and O–H groups in total. The Morgan fingerprint density at radius 2 is 1.79 bits per heavy atom. The number of hydrogen-bond acceptors (Lipinski definition) is 5. The average Bonchev–Trinajstić information content (AvgIpc) is 2.51. The second-order valence-electron chi connectivity index (χ2n) is 6.08. The summed E-state index contributed by atoms with van der Waals surface area (Å²) >= 11 is 0. The van der Waals surface area contributed by atoms with Crippen molar-refractivity contribution in [2.24, 2.45) is 0 Å². The van der Waals surface area contributed by atoms with Crippen molar-refractivity contribution in [1.29, 1.82) is 0 Å². The third-order valence-electron chi connectivity index (χ3n) is 3.62. The van der Waals surface area contributed by atoms with Crippen molar-refractivity contribution in [2.45, 2.75) is 66.3 Å². The van der Waals surface area contributed by atoms with E-state index >= 15 is 0 Å². The normalized spacial score (nSPS) is 10.8. The van der Waals surface area contributed by atoms with Gasteiger partial charge in [0, 0.05) is 12.5 Å². The van der Waals surface area contributed by atoms with Crippen LogP contribution in [-0.2, 0) is 17.6 Å². The van der Waals surface area contributed by atoms with Gasteiger partial charge in [-0.1, -0.05) is 26.7 Å². The number of benzene rings is 1. The molecule has 0 saturated heterocycles. The van der Waals surface area contributed by atoms with E-state index in [0.717, 1.165) is 6.42 Å². The molecule has 6 nitrogen and oxygen atoms in total. The van der Waals surface area contributed by atoms with E-state index in [9.17, 15) is 19.9 Å². The number of esters is 1. The highest BCUT2D eigenvalue weighted by molar-refractivity contribution is 5.97. The van der Waals surface area contributed by atoms with E-state index in [-0.39, 0.29) is 11.3 Å². The number of ether oxygens (including phenoxy) is 1. The lowest BCUT2D eigenvalue weighted by Crippen LogP contribution is -2.34. The Bertz CT molecular complexity index is 610. The molecule has 0 unspecified atom stereocenters. The highest BCUT2D eigenvalue weighted by atomic mass is 16.5. The second kappa shape index (κ2) is 8.68. The lowest BCUT2D eigenvalue weighted by atomic mass is 9.96. The van der Waals surface area contributed by atoms with E-state index in [2.05, 4.69) is 0 Å². The van der Waals surface area contributed by atoms with Crippen LogP contribution >= 0.6 is 0 Å². The molecule has 0 bridgehead atoms. The van der Waals surface area contributed by atoms with Crippen LogP contribution in [0.1, 0.15) is 68.9 Å². The molecular formula is C18H27NO5. The zero-order valence-electron chi connectivity index (χ0n) is 15.0. The van der Waals surface area contributed by atoms with Crippen LogP contribution in [0.3, 0.4) is 0 Å². The predicted octanol–water partition coefficient (Wildman–Crippen LogP) is 3.46. The quantitative estimate of drug-likeness (QED) is 0.344. The predicted molar refractivity (Wildman–Crippen MR) is 90.5 cm³/mol. The molecule has 0 radical (unpaired) electrons. The van der Waals surface area contributed by atoms with Crippen LogP contribution in [0.25, 0.3) is 0 Å². The zero-order chi connectivity index (χ0) is 18.4. The van der Waals surface area contributed by atoms with Gasteiger partial charge in [-0.25, -0.2) is 5.06 Å². The molecule has 6 heteroatoms. The lowest BCUT2D eigenvalue weighted by Gasteiger charge is -2.22. The van der Waals surface area contributed by atoms with Gasteiger partial charge < -0.3 is 9.84 Å². The molecule has 0 aliphatic rings. The van der Waals surface area contributed by atoms with E-state index in [1.54, 1.807) is 13.8 Å². The zero-order valence-corrected chi connectivity index (χ0v) is 15.0. The average molecular weight is 337 g/mol. The highest BCUT2D eigenvalue weighted by Crippen LogP contribution is 2.37. The second-order valence-corrected chi connectivity index (χ2v) is 6.08. The van der Waals surface area contributed by atoms with Gasteiger partial charge in [0.15, 0.2) is 0 Å². The molecule has 134 valence electrons. The van der Waals surface area contributed by atoms with Gasteiger partial charge in [0.2, 0.25) is 0 Å². The summed E-state index contributed by atoms with van der Waals surface area (Å²) in [4.78, 5) is 23.9. The van der Waals surface area contributed by atoms with Crippen LogP contribution in [-0.4, -0.2) is 33.3 Å². The summed E-state index contributed by atoms with van der Waals surface area (Å²) in [5.74, 6) is -1.06. The monoisotopic (exact) mass is 337 g/mol. The standard InChI is InChI=1S/C18H27NO5/c1-6-8-13-10-15(18(22)19(23)11(3)4)16(21)14(9-7-2)17(13)24-12(5)20/h10-11,21,23H,6-9H2,1-5H3. The molecule has 0 saturated carbocycles. The summed E-state index contributed by atoms with van der Waals surface area (Å²) in [5.41, 5.74) is 1.13. The molecule has 0 aromatic heterocycles. The Balaban J connectivity index is 3.56. The van der Waals surface area contributed by atoms with Gasteiger partial charge in [0.25, 0.3) is 5.91 Å². The fraction of sp³-hybridized carbons (Fsp3) is 0.556. The summed E-state index contributed by atoms with van der Waals surface area (Å²) < 4.78 is 5.32. The number of carbonyl (C=O) groups excluding carboxylic acids is 2. The maximum atomic E-state index is 12.5. The SMILES string of the molecule is CCCc1cc(C(=O)N(O)C(C)C)c(O)c(CCC)c1OC(C)=O. The Kier molecular flexibility index (Phi) is 7.22. The van der Waals surface area contributed by atoms with Crippen molar-refractivity contribution in [3.63, 3.8) is 0 Å². The van der Waals surface area contributed by atoms with E-state index < -0.39 is 17.9 Å². The van der Waals surface area contributed by atoms with Crippen LogP contribution in [0, 0.1) is 0 Å². The summed E-state index contributed by atoms with van der Waals surface area (Å²) in [6.07, 6.45) is 2.54. The maximum Gasteiger partial charge on any atom is 0.308 e. The molecule has 1 amide bonds. The van der Waals surface area contributed by atoms with Gasteiger partial charge in [-0.15, -0.1) is 0 Å². The van der Waals surface area contributed by atoms with Crippen molar-refractivity contribution in [3.05, 3.63) is 22.8 Å². The van der Waals surface area contributed by atoms with Crippen LogP contribution in [0.15, 0.2) is 6.07 Å². The molecule has 0 fully saturated rings. The number of rotatable bonds is 7. The molecule has 0 atom stereocenters. The largest absolute Gasteiger partial charge is 0.507 e. The van der Waals surface area contributed by atoms with Crippen molar-refractivity contribution in [3.8, 4) is 11.5 Å². The van der Waals surface area contributed by atoms with Gasteiger partial charge in [0.1, 0.15) is 11.5 Å². The van der Waals surface area contributed by atoms with Gasteiger partial charge in [-0.3, -0.25) is 14.8 Å². The minimum absolute atomic E-state index is 0.0222. The summed E-state index contributed by atoms with van der Waals surface area (Å²) in [7, 11) is 0. The number of aromatic hydroxyl groups is 1. The summed E-state index contributed by atoms with van der Waals surface area (Å²) in [6, 6.07) is 1.08. The number of phenols is 1. The van der Waals surface area contributed by atoms with Crippen LogP contribution in [0.2, 0.25) is 0 Å².